The first-order chi connectivity index (χ1) is 11.6. The number of fused-ring (bicyclic) bond motifs is 2. The van der Waals surface area contributed by atoms with Gasteiger partial charge in [-0.3, -0.25) is 4.79 Å². The molecule has 0 amide bonds. The van der Waals surface area contributed by atoms with Crippen LogP contribution in [0.4, 0.5) is 0 Å². The highest BCUT2D eigenvalue weighted by atomic mass is 16.6. The van der Waals surface area contributed by atoms with Crippen molar-refractivity contribution in [2.75, 3.05) is 19.6 Å². The van der Waals surface area contributed by atoms with E-state index in [1.165, 1.54) is 63.6 Å². The minimum Gasteiger partial charge on any atom is -0.462 e. The highest BCUT2D eigenvalue weighted by molar-refractivity contribution is 5.75. The van der Waals surface area contributed by atoms with Gasteiger partial charge in [-0.05, 0) is 69.1 Å². The van der Waals surface area contributed by atoms with Crippen LogP contribution in [-0.2, 0) is 9.53 Å². The molecule has 5 atom stereocenters. The van der Waals surface area contributed by atoms with Crippen LogP contribution in [0.3, 0.4) is 0 Å². The summed E-state index contributed by atoms with van der Waals surface area (Å²) in [6.45, 7) is 10.3. The molecular formula is C21H34NO2+. The molecule has 0 radical (unpaired) electrons. The van der Waals surface area contributed by atoms with E-state index in [1.807, 2.05) is 0 Å². The van der Waals surface area contributed by atoms with Crippen LogP contribution in [0.2, 0.25) is 0 Å². The maximum atomic E-state index is 12.6. The van der Waals surface area contributed by atoms with E-state index in [0.717, 1.165) is 19.4 Å². The Kier molecular flexibility index (Phi) is 4.49. The van der Waals surface area contributed by atoms with Gasteiger partial charge in [-0.2, -0.15) is 0 Å². The first-order valence-corrected chi connectivity index (χ1v) is 10.3. The van der Waals surface area contributed by atoms with E-state index in [1.54, 1.807) is 4.90 Å². The molecule has 4 aliphatic rings. The second-order valence-electron chi connectivity index (χ2n) is 9.27. The fourth-order valence-corrected chi connectivity index (χ4v) is 6.23. The lowest BCUT2D eigenvalue weighted by Gasteiger charge is -2.50. The Labute approximate surface area is 146 Å². The van der Waals surface area contributed by atoms with E-state index in [9.17, 15) is 4.79 Å². The summed E-state index contributed by atoms with van der Waals surface area (Å²) in [4.78, 5) is 14.3. The number of nitrogens with one attached hydrogen (secondary N) is 1. The number of quaternary nitrogens is 1. The number of likely N-dealkylation sites (tertiary alicyclic amines) is 1. The maximum Gasteiger partial charge on any atom is 0.315 e. The van der Waals surface area contributed by atoms with Crippen LogP contribution in [0, 0.1) is 23.2 Å². The molecule has 0 aromatic rings. The fraction of sp³-hybridized carbons (Fsp3) is 0.857. The van der Waals surface area contributed by atoms with E-state index >= 15 is 0 Å². The molecule has 3 nitrogen and oxygen atoms in total. The summed E-state index contributed by atoms with van der Waals surface area (Å²) < 4.78 is 5.92. The second kappa shape index (κ2) is 6.48. The molecule has 2 aliphatic heterocycles. The zero-order valence-electron chi connectivity index (χ0n) is 15.3. The first kappa shape index (κ1) is 16.6. The molecule has 134 valence electrons. The van der Waals surface area contributed by atoms with E-state index in [2.05, 4.69) is 13.5 Å². The van der Waals surface area contributed by atoms with Gasteiger partial charge >= 0.3 is 5.97 Å². The van der Waals surface area contributed by atoms with Crippen molar-refractivity contribution in [3.05, 3.63) is 12.2 Å². The van der Waals surface area contributed by atoms with Gasteiger partial charge in [0.25, 0.3) is 0 Å². The minimum absolute atomic E-state index is 0.106. The molecule has 0 aromatic heterocycles. The van der Waals surface area contributed by atoms with Gasteiger partial charge in [0.2, 0.25) is 0 Å². The van der Waals surface area contributed by atoms with Crippen molar-refractivity contribution in [3.63, 3.8) is 0 Å². The Morgan fingerprint density at radius 1 is 1.21 bits per heavy atom. The molecular weight excluding hydrogens is 298 g/mol. The Balaban J connectivity index is 1.49. The average Bonchev–Trinajstić information content (AvgIpc) is 2.72. The van der Waals surface area contributed by atoms with E-state index in [0.29, 0.717) is 17.3 Å². The third kappa shape index (κ3) is 2.94. The Morgan fingerprint density at radius 3 is 2.71 bits per heavy atom. The summed E-state index contributed by atoms with van der Waals surface area (Å²) >= 11 is 0. The molecule has 2 saturated carbocycles. The van der Waals surface area contributed by atoms with Crippen LogP contribution >= 0.6 is 0 Å². The van der Waals surface area contributed by atoms with E-state index in [4.69, 9.17) is 4.74 Å². The van der Waals surface area contributed by atoms with Crippen LogP contribution in [0.1, 0.15) is 64.7 Å². The number of hydrogen-bond acceptors (Lipinski definition) is 2. The molecule has 0 unspecified atom stereocenters. The van der Waals surface area contributed by atoms with Gasteiger partial charge in [0.15, 0.2) is 0 Å². The smallest absolute Gasteiger partial charge is 0.315 e. The maximum absolute atomic E-state index is 12.6. The number of carbonyl (C=O) groups excluding carboxylic acids is 1. The summed E-state index contributed by atoms with van der Waals surface area (Å²) in [6.07, 6.45) is 11.5. The third-order valence-electron chi connectivity index (χ3n) is 7.64. The van der Waals surface area contributed by atoms with Gasteiger partial charge in [0.05, 0.1) is 19.6 Å². The highest BCUT2D eigenvalue weighted by Crippen LogP contribution is 2.56. The van der Waals surface area contributed by atoms with Crippen LogP contribution in [0.25, 0.3) is 0 Å². The van der Waals surface area contributed by atoms with Crippen molar-refractivity contribution in [1.82, 2.24) is 0 Å². The van der Waals surface area contributed by atoms with Crippen molar-refractivity contribution in [1.29, 1.82) is 0 Å². The normalized spacial score (nSPS) is 43.7. The Bertz CT molecular complexity index is 508. The minimum atomic E-state index is 0.106. The summed E-state index contributed by atoms with van der Waals surface area (Å²) in [5.74, 6) is 1.31. The topological polar surface area (TPSA) is 30.7 Å². The highest BCUT2D eigenvalue weighted by Gasteiger charge is 2.55. The summed E-state index contributed by atoms with van der Waals surface area (Å²) in [5, 5.41) is 0. The SMILES string of the molecule is C=C1CCC[C@]2(C)C[C@H]3OC(=O)[C@@H](C[NH+]4CCCCCC4)[C@H]3C[C@@H]12. The molecule has 2 aliphatic carbocycles. The van der Waals surface area contributed by atoms with Crippen molar-refractivity contribution < 1.29 is 14.4 Å². The number of esters is 1. The van der Waals surface area contributed by atoms with Crippen molar-refractivity contribution in [2.24, 2.45) is 23.2 Å². The first-order valence-electron chi connectivity index (χ1n) is 10.3. The Hall–Kier alpha value is -0.830. The molecule has 0 aromatic carbocycles. The molecule has 2 heterocycles. The van der Waals surface area contributed by atoms with Crippen molar-refractivity contribution in [3.8, 4) is 0 Å². The molecule has 2 saturated heterocycles. The molecule has 0 bridgehead atoms. The second-order valence-corrected chi connectivity index (χ2v) is 9.27. The summed E-state index contributed by atoms with van der Waals surface area (Å²) in [5.41, 5.74) is 1.77. The lowest BCUT2D eigenvalue weighted by atomic mass is 9.55. The zero-order valence-corrected chi connectivity index (χ0v) is 15.3. The Morgan fingerprint density at radius 2 is 1.96 bits per heavy atom. The predicted molar refractivity (Wildman–Crippen MR) is 94.7 cm³/mol. The molecule has 1 N–H and O–H groups in total. The largest absolute Gasteiger partial charge is 0.462 e. The van der Waals surface area contributed by atoms with Gasteiger partial charge in [-0.1, -0.05) is 19.1 Å². The number of allylic oxidation sites excluding steroid dienone is 1. The number of hydrogen-bond donors (Lipinski definition) is 1. The van der Waals surface area contributed by atoms with Gasteiger partial charge < -0.3 is 9.64 Å². The van der Waals surface area contributed by atoms with Crippen LogP contribution in [-0.4, -0.2) is 31.7 Å². The number of rotatable bonds is 2. The van der Waals surface area contributed by atoms with Crippen LogP contribution in [0.15, 0.2) is 12.2 Å². The van der Waals surface area contributed by atoms with Gasteiger partial charge in [-0.25, -0.2) is 0 Å². The monoisotopic (exact) mass is 332 g/mol. The molecule has 0 spiro atoms. The quantitative estimate of drug-likeness (QED) is 0.623. The number of ether oxygens (including phenoxy) is 1. The van der Waals surface area contributed by atoms with E-state index in [-0.39, 0.29) is 18.0 Å². The average molecular weight is 333 g/mol. The fourth-order valence-electron chi connectivity index (χ4n) is 6.23. The standard InChI is InChI=1S/C21H33NO2/c1-15-8-7-9-21(2)13-19-16(12-18(15)21)17(20(23)24-19)14-22-10-5-3-4-6-11-22/h16-19H,1,3-14H2,2H3/p+1/t16-,17+,18+,19-,21-/m1/s1. The number of carbonyl (C=O) groups is 1. The lowest BCUT2D eigenvalue weighted by molar-refractivity contribution is -0.902. The predicted octanol–water partition coefficient (Wildman–Crippen LogP) is 2.76. The lowest BCUT2D eigenvalue weighted by Crippen LogP contribution is -3.12. The summed E-state index contributed by atoms with van der Waals surface area (Å²) in [7, 11) is 0. The van der Waals surface area contributed by atoms with Gasteiger partial charge in [0, 0.05) is 5.92 Å². The molecule has 4 rings (SSSR count). The van der Waals surface area contributed by atoms with Gasteiger partial charge in [0.1, 0.15) is 12.0 Å². The van der Waals surface area contributed by atoms with Crippen LogP contribution < -0.4 is 4.90 Å². The van der Waals surface area contributed by atoms with Gasteiger partial charge in [-0.15, -0.1) is 0 Å². The zero-order chi connectivity index (χ0) is 16.7. The summed E-state index contributed by atoms with van der Waals surface area (Å²) in [6, 6.07) is 0. The molecule has 24 heavy (non-hydrogen) atoms. The molecule has 3 heteroatoms. The molecule has 4 fully saturated rings. The van der Waals surface area contributed by atoms with Crippen molar-refractivity contribution >= 4 is 5.97 Å². The van der Waals surface area contributed by atoms with E-state index < -0.39 is 0 Å². The van der Waals surface area contributed by atoms with Crippen LogP contribution in [0.5, 0.6) is 0 Å². The third-order valence-corrected chi connectivity index (χ3v) is 7.64. The van der Waals surface area contributed by atoms with Crippen molar-refractivity contribution in [2.45, 2.75) is 70.8 Å².